The van der Waals surface area contributed by atoms with E-state index in [1.54, 1.807) is 0 Å². The van der Waals surface area contributed by atoms with Crippen LogP contribution in [-0.2, 0) is 0 Å². The average molecular weight is 590 g/mol. The predicted molar refractivity (Wildman–Crippen MR) is 139 cm³/mol. The Kier molecular flexibility index (Phi) is 7.21. The van der Waals surface area contributed by atoms with Crippen molar-refractivity contribution in [3.05, 3.63) is 107 Å². The van der Waals surface area contributed by atoms with Crippen LogP contribution in [0.1, 0.15) is 11.1 Å². The van der Waals surface area contributed by atoms with E-state index in [1.807, 2.05) is 24.3 Å². The summed E-state index contributed by atoms with van der Waals surface area (Å²) in [6.07, 6.45) is 13.3. The molecule has 2 aromatic carbocycles. The molecule has 4 N–H and O–H groups in total. The van der Waals surface area contributed by atoms with Crippen molar-refractivity contribution in [2.75, 3.05) is 25.6 Å². The van der Waals surface area contributed by atoms with Gasteiger partial charge in [-0.05, 0) is 0 Å². The maximum atomic E-state index is 9.87. The van der Waals surface area contributed by atoms with Gasteiger partial charge in [-0.25, -0.2) is 0 Å². The topological polar surface area (TPSA) is 55.0 Å². The summed E-state index contributed by atoms with van der Waals surface area (Å²) in [4.78, 5) is 0. The van der Waals surface area contributed by atoms with Gasteiger partial charge in [0.05, 0.1) is 0 Å². The number of nitrogens with two attached hydrogens (primary N) is 2. The van der Waals surface area contributed by atoms with Crippen LogP contribution < -0.4 is 11.5 Å². The van der Waals surface area contributed by atoms with Crippen molar-refractivity contribution in [1.29, 1.82) is 0 Å². The van der Waals surface area contributed by atoms with E-state index in [9.17, 15) is 25.2 Å². The first-order valence-electron chi connectivity index (χ1n) is 10.5. The van der Waals surface area contributed by atoms with E-state index in [-0.39, 0.29) is 15.0 Å². The number of anilines is 2. The zero-order chi connectivity index (χ0) is 26.8. The molecule has 0 fully saturated rings. The van der Waals surface area contributed by atoms with Crippen molar-refractivity contribution < 1.29 is 29.8 Å². The molecule has 4 rings (SSSR count). The van der Waals surface area contributed by atoms with E-state index < -0.39 is 7.81 Å². The van der Waals surface area contributed by atoms with Gasteiger partial charge in [0.25, 0.3) is 0 Å². The first-order chi connectivity index (χ1) is 16.4. The Morgan fingerprint density at radius 1 is 0.611 bits per heavy atom. The molecular weight excluding hydrogens is 566 g/mol. The second-order valence-electron chi connectivity index (χ2n) is 8.22. The predicted octanol–water partition coefficient (Wildman–Crippen LogP) is 7.47. The van der Waals surface area contributed by atoms with Crippen molar-refractivity contribution in [1.82, 2.24) is 0 Å². The first kappa shape index (κ1) is 27.5. The molecule has 0 radical (unpaired) electrons. The van der Waals surface area contributed by atoms with E-state index in [2.05, 4.69) is 79.4 Å². The van der Waals surface area contributed by atoms with E-state index >= 15 is 0 Å². The number of nitrogen functional groups attached to an aromatic ring is 2. The molecular formula is C25H24F6N3PSe. The minimum absolute atomic E-state index is 0.194. The van der Waals surface area contributed by atoms with Crippen LogP contribution in [0.3, 0.4) is 0 Å². The van der Waals surface area contributed by atoms with Crippen LogP contribution in [0.25, 0.3) is 8.94 Å². The Balaban J connectivity index is 0.000000454. The van der Waals surface area contributed by atoms with Gasteiger partial charge >= 0.3 is 211 Å². The number of allylic oxidation sites excluding steroid dienone is 8. The normalized spacial score (nSPS) is 17.4. The summed E-state index contributed by atoms with van der Waals surface area (Å²) in [5, 5.41) is 0. The summed E-state index contributed by atoms with van der Waals surface area (Å²) in [5.41, 5.74) is 19.5. The third-order valence-electron chi connectivity index (χ3n) is 4.90. The van der Waals surface area contributed by atoms with Crippen LogP contribution >= 0.6 is 7.81 Å². The average Bonchev–Trinajstić information content (AvgIpc) is 2.78. The summed E-state index contributed by atoms with van der Waals surface area (Å²) in [6, 6.07) is 16.3. The zero-order valence-corrected chi connectivity index (χ0v) is 21.9. The molecule has 0 bridgehead atoms. The van der Waals surface area contributed by atoms with E-state index in [1.165, 1.54) is 36.9 Å². The van der Waals surface area contributed by atoms with Crippen LogP contribution in [-0.4, -0.2) is 39.3 Å². The van der Waals surface area contributed by atoms with Crippen LogP contribution in [0, 0.1) is 0 Å². The monoisotopic (exact) mass is 591 g/mol. The van der Waals surface area contributed by atoms with E-state index in [0.29, 0.717) is 0 Å². The number of hydrogen-bond donors (Lipinski definition) is 2. The van der Waals surface area contributed by atoms with Crippen LogP contribution in [0.4, 0.5) is 36.6 Å². The molecule has 3 nitrogen and oxygen atoms in total. The number of rotatable bonds is 2. The fourth-order valence-corrected chi connectivity index (χ4v) is 5.54. The Morgan fingerprint density at radius 3 is 1.31 bits per heavy atom. The number of benzene rings is 2. The molecule has 2 aromatic rings. The Hall–Kier alpha value is -3.06. The number of hydrogen-bond acceptors (Lipinski definition) is 2. The molecule has 0 aromatic heterocycles. The first-order valence-corrected chi connectivity index (χ1v) is 14.2. The summed E-state index contributed by atoms with van der Waals surface area (Å²) in [7, 11) is -6.54. The van der Waals surface area contributed by atoms with Crippen LogP contribution in [0.2, 0.25) is 0 Å². The van der Waals surface area contributed by atoms with Gasteiger partial charge in [-0.3, -0.25) is 0 Å². The number of nitrogens with zero attached hydrogens (tertiary/aromatic N) is 1. The molecule has 2 aliphatic rings. The van der Waals surface area contributed by atoms with Crippen LogP contribution in [0.5, 0.6) is 0 Å². The SMILES string of the molecule is C[N+](C)=C1C=CC(=C2C=C(c3ccc(N)cc3)[Se]C(c3ccc(N)cc3)=C2)C=C1.F[P-](F)(F)(F)(F)F. The molecule has 0 atom stereocenters. The molecule has 192 valence electrons. The van der Waals surface area contributed by atoms with Crippen molar-refractivity contribution in [2.24, 2.45) is 0 Å². The van der Waals surface area contributed by atoms with Gasteiger partial charge in [0.2, 0.25) is 0 Å². The van der Waals surface area contributed by atoms with Gasteiger partial charge in [0, 0.05) is 0 Å². The molecule has 36 heavy (non-hydrogen) atoms. The molecule has 1 heterocycles. The molecule has 1 aliphatic heterocycles. The van der Waals surface area contributed by atoms with Gasteiger partial charge in [-0.1, -0.05) is 0 Å². The molecule has 0 amide bonds. The summed E-state index contributed by atoms with van der Waals surface area (Å²) in [6.45, 7) is 0. The second-order valence-corrected chi connectivity index (χ2v) is 12.4. The fraction of sp³-hybridized carbons (Fsp3) is 0.0800. The Labute approximate surface area is 211 Å². The van der Waals surface area contributed by atoms with Gasteiger partial charge in [-0.2, -0.15) is 0 Å². The third kappa shape index (κ3) is 9.19. The standard InChI is InChI=1S/C25H23N3Se.F6P/c1-28(2)23-13-7-17(8-14-23)20-15-24(18-3-9-21(26)10-4-18)29-25(16-20)19-5-11-22(27)12-6-19;1-7(2,3,4,5)6/h3-16H,1-2H3,(H3,26,27);/q;-1/p+1. The fourth-order valence-electron chi connectivity index (χ4n) is 3.20. The molecule has 0 saturated heterocycles. The van der Waals surface area contributed by atoms with Gasteiger partial charge < -0.3 is 0 Å². The van der Waals surface area contributed by atoms with E-state index in [0.717, 1.165) is 11.4 Å². The summed E-state index contributed by atoms with van der Waals surface area (Å²) < 4.78 is 64.0. The van der Waals surface area contributed by atoms with Crippen LogP contribution in [0.15, 0.2) is 96.1 Å². The Morgan fingerprint density at radius 2 is 0.972 bits per heavy atom. The second kappa shape index (κ2) is 9.43. The molecule has 11 heteroatoms. The van der Waals surface area contributed by atoms with E-state index in [4.69, 9.17) is 11.5 Å². The molecule has 0 unspecified atom stereocenters. The van der Waals surface area contributed by atoms with Crippen molar-refractivity contribution in [2.45, 2.75) is 0 Å². The minimum atomic E-state index is -10.7. The van der Waals surface area contributed by atoms with Gasteiger partial charge in [0.1, 0.15) is 0 Å². The Bertz CT molecular complexity index is 1250. The quantitative estimate of drug-likeness (QED) is 0.125. The van der Waals surface area contributed by atoms with Gasteiger partial charge in [0.15, 0.2) is 0 Å². The zero-order valence-electron chi connectivity index (χ0n) is 19.3. The molecule has 0 spiro atoms. The number of halogens is 6. The van der Waals surface area contributed by atoms with Gasteiger partial charge in [-0.15, -0.1) is 0 Å². The summed E-state index contributed by atoms with van der Waals surface area (Å²) >= 11 is 0.194. The van der Waals surface area contributed by atoms with Crippen molar-refractivity contribution >= 4 is 48.8 Å². The molecule has 0 saturated carbocycles. The van der Waals surface area contributed by atoms with Crippen molar-refractivity contribution in [3.63, 3.8) is 0 Å². The summed E-state index contributed by atoms with van der Waals surface area (Å²) in [5.74, 6) is 0. The third-order valence-corrected chi connectivity index (χ3v) is 7.31. The molecule has 1 aliphatic carbocycles. The van der Waals surface area contributed by atoms with Crippen molar-refractivity contribution in [3.8, 4) is 0 Å². The maximum absolute atomic E-state index is 10.7.